The number of rotatable bonds is 8. The van der Waals surface area contributed by atoms with Crippen LogP contribution in [0.4, 0.5) is 0 Å². The topological polar surface area (TPSA) is 89.3 Å². The van der Waals surface area contributed by atoms with Crippen molar-refractivity contribution in [1.29, 1.82) is 0 Å². The molecule has 0 saturated carbocycles. The maximum atomic E-state index is 13.4. The lowest BCUT2D eigenvalue weighted by molar-refractivity contribution is -0.132. The first-order valence-electron chi connectivity index (χ1n) is 10.9. The number of nitrogens with zero attached hydrogens (tertiary/aromatic N) is 2. The fourth-order valence-electron chi connectivity index (χ4n) is 4.01. The highest BCUT2D eigenvalue weighted by molar-refractivity contribution is 7.89. The van der Waals surface area contributed by atoms with Gasteiger partial charge in [0.1, 0.15) is 5.76 Å². The normalized spacial score (nSPS) is 13.6. The highest BCUT2D eigenvalue weighted by atomic mass is 32.2. The van der Waals surface area contributed by atoms with Crippen molar-refractivity contribution in [2.75, 3.05) is 27.3 Å². The number of benzene rings is 2. The van der Waals surface area contributed by atoms with Crippen LogP contribution in [0.25, 0.3) is 0 Å². The third-order valence-electron chi connectivity index (χ3n) is 5.95. The molecule has 0 unspecified atom stereocenters. The van der Waals surface area contributed by atoms with Crippen molar-refractivity contribution < 1.29 is 27.1 Å². The number of carbonyl (C=O) groups excluding carboxylic acids is 1. The Balaban J connectivity index is 1.57. The van der Waals surface area contributed by atoms with Gasteiger partial charge in [-0.25, -0.2) is 8.42 Å². The standard InChI is InChI=1S/C25H28N2O6S/c1-18-6-8-22(9-7-18)34(29,30)27(16-21-5-4-12-33-21)17-25(28)26-11-10-19-13-23(31-2)24(32-3)14-20(19)15-26/h4-9,12-14H,10-11,15-17H2,1-3H3. The second-order valence-corrected chi connectivity index (χ2v) is 10.1. The van der Waals surface area contributed by atoms with E-state index >= 15 is 0 Å². The Bertz CT molecular complexity index is 1250. The number of hydrogen-bond acceptors (Lipinski definition) is 6. The molecule has 0 aliphatic carbocycles. The summed E-state index contributed by atoms with van der Waals surface area (Å²) in [5.41, 5.74) is 2.99. The number of hydrogen-bond donors (Lipinski definition) is 0. The maximum absolute atomic E-state index is 13.4. The smallest absolute Gasteiger partial charge is 0.243 e. The molecule has 0 spiro atoms. The van der Waals surface area contributed by atoms with E-state index in [1.165, 1.54) is 10.6 Å². The van der Waals surface area contributed by atoms with Gasteiger partial charge in [-0.15, -0.1) is 0 Å². The van der Waals surface area contributed by atoms with E-state index in [9.17, 15) is 13.2 Å². The third kappa shape index (κ3) is 4.95. The molecule has 2 aromatic carbocycles. The van der Waals surface area contributed by atoms with Crippen LogP contribution in [-0.4, -0.2) is 50.8 Å². The Hall–Kier alpha value is -3.30. The molecule has 0 radical (unpaired) electrons. The van der Waals surface area contributed by atoms with E-state index in [1.54, 1.807) is 55.5 Å². The van der Waals surface area contributed by atoms with Crippen molar-refractivity contribution in [2.45, 2.75) is 31.3 Å². The zero-order valence-electron chi connectivity index (χ0n) is 19.5. The Labute approximate surface area is 199 Å². The van der Waals surface area contributed by atoms with Gasteiger partial charge in [-0.1, -0.05) is 17.7 Å². The molecule has 4 rings (SSSR count). The minimum absolute atomic E-state index is 0.0373. The Morgan fingerprint density at radius 2 is 1.74 bits per heavy atom. The van der Waals surface area contributed by atoms with Crippen molar-refractivity contribution >= 4 is 15.9 Å². The summed E-state index contributed by atoms with van der Waals surface area (Å²) in [5.74, 6) is 1.43. The number of sulfonamides is 1. The number of furan rings is 1. The summed E-state index contributed by atoms with van der Waals surface area (Å²) in [6.07, 6.45) is 2.13. The molecule has 8 nitrogen and oxygen atoms in total. The lowest BCUT2D eigenvalue weighted by atomic mass is 9.98. The fraction of sp³-hybridized carbons (Fsp3) is 0.320. The number of ether oxygens (including phenoxy) is 2. The molecule has 1 aromatic heterocycles. The molecule has 180 valence electrons. The van der Waals surface area contributed by atoms with Crippen molar-refractivity contribution in [2.24, 2.45) is 0 Å². The van der Waals surface area contributed by atoms with Crippen LogP contribution in [0.2, 0.25) is 0 Å². The van der Waals surface area contributed by atoms with Crippen LogP contribution in [0.15, 0.2) is 64.1 Å². The zero-order chi connectivity index (χ0) is 24.3. The van der Waals surface area contributed by atoms with Gasteiger partial charge >= 0.3 is 0 Å². The van der Waals surface area contributed by atoms with Crippen LogP contribution in [-0.2, 0) is 34.3 Å². The van der Waals surface area contributed by atoms with E-state index in [4.69, 9.17) is 13.9 Å². The van der Waals surface area contributed by atoms with E-state index in [0.29, 0.717) is 36.8 Å². The predicted molar refractivity (Wildman–Crippen MR) is 126 cm³/mol. The van der Waals surface area contributed by atoms with E-state index in [2.05, 4.69) is 0 Å². The number of amides is 1. The van der Waals surface area contributed by atoms with E-state index in [0.717, 1.165) is 16.7 Å². The highest BCUT2D eigenvalue weighted by Gasteiger charge is 2.31. The monoisotopic (exact) mass is 484 g/mol. The van der Waals surface area contributed by atoms with Gasteiger partial charge in [0.2, 0.25) is 15.9 Å². The Morgan fingerprint density at radius 1 is 1.06 bits per heavy atom. The Kier molecular flexibility index (Phi) is 6.95. The lowest BCUT2D eigenvalue weighted by Crippen LogP contribution is -2.44. The maximum Gasteiger partial charge on any atom is 0.243 e. The van der Waals surface area contributed by atoms with E-state index < -0.39 is 10.0 Å². The third-order valence-corrected chi connectivity index (χ3v) is 7.76. The zero-order valence-corrected chi connectivity index (χ0v) is 20.3. The molecule has 2 heterocycles. The molecule has 9 heteroatoms. The first-order valence-corrected chi connectivity index (χ1v) is 12.4. The second-order valence-electron chi connectivity index (χ2n) is 8.21. The predicted octanol–water partition coefficient (Wildman–Crippen LogP) is 3.38. The molecule has 0 fully saturated rings. The number of fused-ring (bicyclic) bond motifs is 1. The molecule has 1 amide bonds. The summed E-state index contributed by atoms with van der Waals surface area (Å²) >= 11 is 0. The summed E-state index contributed by atoms with van der Waals surface area (Å²) in [6.45, 7) is 2.41. The molecule has 3 aromatic rings. The lowest BCUT2D eigenvalue weighted by Gasteiger charge is -2.31. The molecule has 1 aliphatic rings. The van der Waals surface area contributed by atoms with Crippen LogP contribution in [0.1, 0.15) is 22.5 Å². The number of carbonyl (C=O) groups is 1. The Morgan fingerprint density at radius 3 is 2.35 bits per heavy atom. The summed E-state index contributed by atoms with van der Waals surface area (Å²) in [4.78, 5) is 15.1. The highest BCUT2D eigenvalue weighted by Crippen LogP contribution is 2.33. The first kappa shape index (κ1) is 23.8. The molecular formula is C25H28N2O6S. The summed E-state index contributed by atoms with van der Waals surface area (Å²) in [5, 5.41) is 0. The SMILES string of the molecule is COc1cc2c(cc1OC)CN(C(=O)CN(Cc1ccco1)S(=O)(=O)c1ccc(C)cc1)CC2. The van der Waals surface area contributed by atoms with Gasteiger partial charge in [-0.05, 0) is 60.9 Å². The van der Waals surface area contributed by atoms with Crippen LogP contribution < -0.4 is 9.47 Å². The van der Waals surface area contributed by atoms with E-state index in [1.807, 2.05) is 19.1 Å². The minimum atomic E-state index is -3.92. The van der Waals surface area contributed by atoms with Crippen LogP contribution in [0.5, 0.6) is 11.5 Å². The van der Waals surface area contributed by atoms with Gasteiger partial charge < -0.3 is 18.8 Å². The molecule has 0 N–H and O–H groups in total. The fourth-order valence-corrected chi connectivity index (χ4v) is 5.36. The molecular weight excluding hydrogens is 456 g/mol. The number of methoxy groups -OCH3 is 2. The van der Waals surface area contributed by atoms with Crippen molar-refractivity contribution in [3.63, 3.8) is 0 Å². The van der Waals surface area contributed by atoms with Gasteiger partial charge in [-0.2, -0.15) is 4.31 Å². The van der Waals surface area contributed by atoms with Crippen LogP contribution >= 0.6 is 0 Å². The largest absolute Gasteiger partial charge is 0.493 e. The van der Waals surface area contributed by atoms with Gasteiger partial charge in [-0.3, -0.25) is 4.79 Å². The average Bonchev–Trinajstić information content (AvgIpc) is 3.35. The molecule has 0 atom stereocenters. The van der Waals surface area contributed by atoms with Gasteiger partial charge in [0.05, 0.1) is 38.5 Å². The summed E-state index contributed by atoms with van der Waals surface area (Å²) in [6, 6.07) is 13.8. The quantitative estimate of drug-likeness (QED) is 0.487. The minimum Gasteiger partial charge on any atom is -0.493 e. The van der Waals surface area contributed by atoms with Crippen LogP contribution in [0.3, 0.4) is 0 Å². The van der Waals surface area contributed by atoms with Crippen molar-refractivity contribution in [3.05, 3.63) is 77.2 Å². The van der Waals surface area contributed by atoms with Gasteiger partial charge in [0.25, 0.3) is 0 Å². The second kappa shape index (κ2) is 9.90. The average molecular weight is 485 g/mol. The molecule has 0 saturated heterocycles. The molecule has 1 aliphatic heterocycles. The van der Waals surface area contributed by atoms with Crippen molar-refractivity contribution in [3.8, 4) is 11.5 Å². The molecule has 34 heavy (non-hydrogen) atoms. The summed E-state index contributed by atoms with van der Waals surface area (Å²) in [7, 11) is -0.762. The van der Waals surface area contributed by atoms with E-state index in [-0.39, 0.29) is 23.9 Å². The van der Waals surface area contributed by atoms with Crippen molar-refractivity contribution in [1.82, 2.24) is 9.21 Å². The van der Waals surface area contributed by atoms with Crippen LogP contribution in [0, 0.1) is 6.92 Å². The number of aryl methyl sites for hydroxylation is 1. The molecule has 0 bridgehead atoms. The summed E-state index contributed by atoms with van der Waals surface area (Å²) < 4.78 is 44.2. The first-order chi connectivity index (χ1) is 16.3. The van der Waals surface area contributed by atoms with Gasteiger partial charge in [0.15, 0.2) is 11.5 Å². The van der Waals surface area contributed by atoms with Gasteiger partial charge in [0, 0.05) is 13.1 Å².